The van der Waals surface area contributed by atoms with Crippen LogP contribution >= 0.6 is 31.9 Å². The highest BCUT2D eigenvalue weighted by molar-refractivity contribution is 9.11. The predicted octanol–water partition coefficient (Wildman–Crippen LogP) is 7.71. The fourth-order valence-corrected chi connectivity index (χ4v) is 5.86. The number of halogens is 2. The maximum Gasteiger partial charge on any atom is 0.122 e. The number of nitrogens with zero attached hydrogens (tertiary/aromatic N) is 2. The summed E-state index contributed by atoms with van der Waals surface area (Å²) in [6, 6.07) is 36.3. The van der Waals surface area contributed by atoms with Crippen LogP contribution in [0.1, 0.15) is 22.5 Å². The van der Waals surface area contributed by atoms with Crippen molar-refractivity contribution in [3.05, 3.63) is 135 Å². The first-order valence-electron chi connectivity index (χ1n) is 10.1. The molecule has 4 heteroatoms. The van der Waals surface area contributed by atoms with E-state index in [9.17, 15) is 0 Å². The summed E-state index contributed by atoms with van der Waals surface area (Å²) in [7, 11) is 0. The highest BCUT2D eigenvalue weighted by Gasteiger charge is 2.40. The SMILES string of the molecule is Cc1nc2c(Br)cc(Br)cc2n1C(c1ccccc1)(c1ccccc1)c1ccccc1. The zero-order chi connectivity index (χ0) is 21.4. The number of imidazole rings is 1. The standard InChI is InChI=1S/C27H20Br2N2/c1-19-30-26-24(29)17-23(28)18-25(26)31(19)27(20-11-5-2-6-12-20,21-13-7-3-8-14-21)22-15-9-4-10-16-22/h2-18H,1H3. The number of hydrogen-bond acceptors (Lipinski definition) is 1. The van der Waals surface area contributed by atoms with Crippen LogP contribution in [0.15, 0.2) is 112 Å². The summed E-state index contributed by atoms with van der Waals surface area (Å²) in [5.41, 5.74) is 4.99. The second-order valence-electron chi connectivity index (χ2n) is 7.56. The van der Waals surface area contributed by atoms with Gasteiger partial charge in [-0.15, -0.1) is 0 Å². The van der Waals surface area contributed by atoms with E-state index in [-0.39, 0.29) is 0 Å². The van der Waals surface area contributed by atoms with Crippen molar-refractivity contribution in [2.45, 2.75) is 12.5 Å². The van der Waals surface area contributed by atoms with Crippen molar-refractivity contribution < 1.29 is 0 Å². The Labute approximate surface area is 198 Å². The molecule has 1 heterocycles. The lowest BCUT2D eigenvalue weighted by atomic mass is 9.76. The van der Waals surface area contributed by atoms with Crippen molar-refractivity contribution in [2.24, 2.45) is 0 Å². The van der Waals surface area contributed by atoms with Gasteiger partial charge in [-0.25, -0.2) is 4.98 Å². The van der Waals surface area contributed by atoms with Crippen LogP contribution in [0.4, 0.5) is 0 Å². The molecule has 0 spiro atoms. The van der Waals surface area contributed by atoms with Crippen molar-refractivity contribution in [1.82, 2.24) is 9.55 Å². The Morgan fingerprint density at radius 1 is 0.677 bits per heavy atom. The number of fused-ring (bicyclic) bond motifs is 1. The second-order valence-corrected chi connectivity index (χ2v) is 9.33. The van der Waals surface area contributed by atoms with Gasteiger partial charge in [0.05, 0.1) is 5.52 Å². The lowest BCUT2D eigenvalue weighted by molar-refractivity contribution is 0.516. The quantitative estimate of drug-likeness (QED) is 0.217. The third kappa shape index (κ3) is 3.26. The number of rotatable bonds is 4. The lowest BCUT2D eigenvalue weighted by Gasteiger charge is -2.39. The van der Waals surface area contributed by atoms with Crippen molar-refractivity contribution in [1.29, 1.82) is 0 Å². The first kappa shape index (κ1) is 20.2. The average Bonchev–Trinajstić information content (AvgIpc) is 3.13. The first-order valence-corrected chi connectivity index (χ1v) is 11.7. The summed E-state index contributed by atoms with van der Waals surface area (Å²) < 4.78 is 4.36. The largest absolute Gasteiger partial charge is 0.309 e. The molecule has 0 N–H and O–H groups in total. The maximum atomic E-state index is 4.99. The molecule has 1 aromatic heterocycles. The molecule has 0 atom stereocenters. The summed E-state index contributed by atoms with van der Waals surface area (Å²) in [6.07, 6.45) is 0. The molecule has 0 amide bonds. The molecule has 5 rings (SSSR count). The van der Waals surface area contributed by atoms with Crippen molar-refractivity contribution >= 4 is 42.9 Å². The minimum atomic E-state index is -0.581. The van der Waals surface area contributed by atoms with Crippen LogP contribution in [-0.4, -0.2) is 9.55 Å². The van der Waals surface area contributed by atoms with Crippen molar-refractivity contribution in [3.8, 4) is 0 Å². The third-order valence-corrected chi connectivity index (χ3v) is 6.82. The Kier molecular flexibility index (Phi) is 5.28. The van der Waals surface area contributed by atoms with E-state index in [4.69, 9.17) is 4.98 Å². The zero-order valence-electron chi connectivity index (χ0n) is 17.0. The third-order valence-electron chi connectivity index (χ3n) is 5.76. The minimum absolute atomic E-state index is 0.581. The Balaban J connectivity index is 2.02. The van der Waals surface area contributed by atoms with Gasteiger partial charge in [0, 0.05) is 8.95 Å². The van der Waals surface area contributed by atoms with E-state index in [0.29, 0.717) is 0 Å². The van der Waals surface area contributed by atoms with Crippen LogP contribution in [0.2, 0.25) is 0 Å². The predicted molar refractivity (Wildman–Crippen MR) is 134 cm³/mol. The molecule has 0 aliphatic heterocycles. The lowest BCUT2D eigenvalue weighted by Crippen LogP contribution is -2.38. The van der Waals surface area contributed by atoms with Gasteiger partial charge in [-0.05, 0) is 51.7 Å². The molecule has 4 aromatic carbocycles. The molecule has 0 aliphatic rings. The molecule has 0 saturated carbocycles. The van der Waals surface area contributed by atoms with Crippen LogP contribution in [0.3, 0.4) is 0 Å². The van der Waals surface area contributed by atoms with E-state index in [1.54, 1.807) is 0 Å². The van der Waals surface area contributed by atoms with Crippen molar-refractivity contribution in [2.75, 3.05) is 0 Å². The zero-order valence-corrected chi connectivity index (χ0v) is 20.1. The first-order chi connectivity index (χ1) is 15.1. The maximum absolute atomic E-state index is 4.99. The molecule has 2 nitrogen and oxygen atoms in total. The Hall–Kier alpha value is -2.69. The van der Waals surface area contributed by atoms with Gasteiger partial charge in [-0.3, -0.25) is 0 Å². The Bertz CT molecular complexity index is 1250. The van der Waals surface area contributed by atoms with Gasteiger partial charge >= 0.3 is 0 Å². The molecular formula is C27H20Br2N2. The molecule has 0 aliphatic carbocycles. The number of aryl methyl sites for hydroxylation is 1. The van der Waals surface area contributed by atoms with Crippen molar-refractivity contribution in [3.63, 3.8) is 0 Å². The van der Waals surface area contributed by atoms with Gasteiger partial charge in [0.15, 0.2) is 0 Å². The normalized spacial score (nSPS) is 11.7. The molecule has 0 bridgehead atoms. The van der Waals surface area contributed by atoms with Gasteiger partial charge in [0.25, 0.3) is 0 Å². The highest BCUT2D eigenvalue weighted by atomic mass is 79.9. The average molecular weight is 532 g/mol. The van der Waals surface area contributed by atoms with E-state index in [1.807, 2.05) is 6.07 Å². The molecule has 0 unspecified atom stereocenters. The summed E-state index contributed by atoms with van der Waals surface area (Å²) in [5.74, 6) is 0.949. The minimum Gasteiger partial charge on any atom is -0.309 e. The van der Waals surface area contributed by atoms with E-state index < -0.39 is 5.54 Å². The fraction of sp³-hybridized carbons (Fsp3) is 0.0741. The molecule has 5 aromatic rings. The molecule has 31 heavy (non-hydrogen) atoms. The Morgan fingerprint density at radius 2 is 1.13 bits per heavy atom. The van der Waals surface area contributed by atoms with E-state index in [0.717, 1.165) is 25.8 Å². The smallest absolute Gasteiger partial charge is 0.122 e. The number of benzene rings is 4. The van der Waals surface area contributed by atoms with Gasteiger partial charge < -0.3 is 4.57 Å². The van der Waals surface area contributed by atoms with Gasteiger partial charge in [0.1, 0.15) is 16.9 Å². The molecule has 0 saturated heterocycles. The fourth-order valence-electron chi connectivity index (χ4n) is 4.57. The highest BCUT2D eigenvalue weighted by Crippen LogP contribution is 2.44. The second kappa shape index (κ2) is 8.10. The monoisotopic (exact) mass is 530 g/mol. The summed E-state index contributed by atoms with van der Waals surface area (Å²) in [6.45, 7) is 2.09. The van der Waals surface area contributed by atoms with E-state index in [1.165, 1.54) is 16.7 Å². The topological polar surface area (TPSA) is 17.8 Å². The van der Waals surface area contributed by atoms with Crippen LogP contribution in [0.5, 0.6) is 0 Å². The summed E-state index contributed by atoms with van der Waals surface area (Å²) >= 11 is 7.42. The van der Waals surface area contributed by atoms with Gasteiger partial charge in [0.2, 0.25) is 0 Å². The van der Waals surface area contributed by atoms with Gasteiger partial charge in [-0.2, -0.15) is 0 Å². The van der Waals surface area contributed by atoms with Gasteiger partial charge in [-0.1, -0.05) is 107 Å². The number of aromatic nitrogens is 2. The molecular weight excluding hydrogens is 512 g/mol. The van der Waals surface area contributed by atoms with Crippen LogP contribution in [0.25, 0.3) is 11.0 Å². The Morgan fingerprint density at radius 3 is 1.58 bits per heavy atom. The number of hydrogen-bond donors (Lipinski definition) is 0. The summed E-state index contributed by atoms with van der Waals surface area (Å²) in [4.78, 5) is 4.99. The molecule has 0 fully saturated rings. The van der Waals surface area contributed by atoms with E-state index >= 15 is 0 Å². The summed E-state index contributed by atoms with van der Waals surface area (Å²) in [5, 5.41) is 0. The van der Waals surface area contributed by atoms with Crippen LogP contribution < -0.4 is 0 Å². The van der Waals surface area contributed by atoms with E-state index in [2.05, 4.69) is 140 Å². The van der Waals surface area contributed by atoms with Crippen LogP contribution in [-0.2, 0) is 5.54 Å². The van der Waals surface area contributed by atoms with Crippen LogP contribution in [0, 0.1) is 6.92 Å². The molecule has 0 radical (unpaired) electrons. The molecule has 152 valence electrons.